The van der Waals surface area contributed by atoms with Crippen LogP contribution in [0.25, 0.3) is 0 Å². The molecule has 1 aliphatic carbocycles. The zero-order valence-corrected chi connectivity index (χ0v) is 18.7. The first-order valence-electron chi connectivity index (χ1n) is 10.5. The lowest BCUT2D eigenvalue weighted by atomic mass is 9.83. The average Bonchev–Trinajstić information content (AvgIpc) is 2.73. The summed E-state index contributed by atoms with van der Waals surface area (Å²) in [5.74, 6) is 1.63. The van der Waals surface area contributed by atoms with Gasteiger partial charge in [0, 0.05) is 33.3 Å². The third kappa shape index (κ3) is 7.95. The Balaban J connectivity index is 1.87. The summed E-state index contributed by atoms with van der Waals surface area (Å²) in [5, 5.41) is 6.82. The van der Waals surface area contributed by atoms with E-state index in [1.54, 1.807) is 32.4 Å². The van der Waals surface area contributed by atoms with Gasteiger partial charge in [0.2, 0.25) is 10.0 Å². The molecule has 0 amide bonds. The summed E-state index contributed by atoms with van der Waals surface area (Å²) in [5.41, 5.74) is 0.884. The van der Waals surface area contributed by atoms with Gasteiger partial charge in [-0.15, -0.1) is 0 Å². The van der Waals surface area contributed by atoms with Crippen LogP contribution in [0.3, 0.4) is 0 Å². The van der Waals surface area contributed by atoms with E-state index in [4.69, 9.17) is 4.74 Å². The molecular weight excluding hydrogens is 388 g/mol. The van der Waals surface area contributed by atoms with Crippen LogP contribution in [0.1, 0.15) is 51.0 Å². The molecule has 0 saturated heterocycles. The fraction of sp³-hybridized carbons (Fsp3) is 0.667. The molecule has 164 valence electrons. The molecule has 0 heterocycles. The Morgan fingerprint density at radius 2 is 2.00 bits per heavy atom. The average molecular weight is 425 g/mol. The molecule has 0 aromatic heterocycles. The Bertz CT molecular complexity index is 744. The number of ether oxygens (including phenoxy) is 1. The van der Waals surface area contributed by atoms with Gasteiger partial charge in [0.1, 0.15) is 0 Å². The molecule has 1 aromatic carbocycles. The van der Waals surface area contributed by atoms with Crippen molar-refractivity contribution >= 4 is 16.0 Å². The second kappa shape index (κ2) is 12.1. The van der Waals surface area contributed by atoms with Crippen molar-refractivity contribution in [2.24, 2.45) is 10.9 Å². The maximum Gasteiger partial charge on any atom is 0.240 e. The number of hydrogen-bond donors (Lipinski definition) is 3. The highest BCUT2D eigenvalue weighted by molar-refractivity contribution is 7.89. The summed E-state index contributed by atoms with van der Waals surface area (Å²) >= 11 is 0. The minimum atomic E-state index is -3.54. The predicted octanol–water partition coefficient (Wildman–Crippen LogP) is 2.64. The van der Waals surface area contributed by atoms with Gasteiger partial charge in [-0.05, 0) is 49.3 Å². The van der Waals surface area contributed by atoms with Crippen LogP contribution in [-0.4, -0.2) is 47.7 Å². The SMILES string of the molecule is CCCC1CCC(NC(=NC)NCc2cccc(S(=O)(=O)NCCOC)c2)CC1. The van der Waals surface area contributed by atoms with Crippen LogP contribution in [0.15, 0.2) is 34.2 Å². The number of nitrogens with zero attached hydrogens (tertiary/aromatic N) is 1. The molecule has 1 aliphatic rings. The molecule has 0 radical (unpaired) electrons. The minimum Gasteiger partial charge on any atom is -0.383 e. The van der Waals surface area contributed by atoms with Gasteiger partial charge < -0.3 is 15.4 Å². The number of methoxy groups -OCH3 is 1. The van der Waals surface area contributed by atoms with Gasteiger partial charge in [0.05, 0.1) is 11.5 Å². The third-order valence-corrected chi connectivity index (χ3v) is 6.83. The van der Waals surface area contributed by atoms with Crippen LogP contribution in [-0.2, 0) is 21.3 Å². The van der Waals surface area contributed by atoms with Gasteiger partial charge in [0.25, 0.3) is 0 Å². The Hall–Kier alpha value is -1.64. The van der Waals surface area contributed by atoms with Crippen molar-refractivity contribution in [3.63, 3.8) is 0 Å². The summed E-state index contributed by atoms with van der Waals surface area (Å²) in [6.07, 6.45) is 7.50. The summed E-state index contributed by atoms with van der Waals surface area (Å²) in [6.45, 7) is 3.35. The van der Waals surface area contributed by atoms with Crippen molar-refractivity contribution in [2.45, 2.75) is 62.9 Å². The van der Waals surface area contributed by atoms with Crippen LogP contribution in [0.2, 0.25) is 0 Å². The molecule has 0 atom stereocenters. The summed E-state index contributed by atoms with van der Waals surface area (Å²) < 4.78 is 32.2. The Labute approximate surface area is 175 Å². The van der Waals surface area contributed by atoms with Crippen LogP contribution < -0.4 is 15.4 Å². The molecule has 8 heteroatoms. The van der Waals surface area contributed by atoms with Crippen molar-refractivity contribution in [1.29, 1.82) is 0 Å². The van der Waals surface area contributed by atoms with Gasteiger partial charge in [0.15, 0.2) is 5.96 Å². The quantitative estimate of drug-likeness (QED) is 0.305. The Morgan fingerprint density at radius 1 is 1.24 bits per heavy atom. The molecule has 1 saturated carbocycles. The molecule has 0 unspecified atom stereocenters. The summed E-state index contributed by atoms with van der Waals surface area (Å²) in [7, 11) is -0.233. The number of nitrogens with one attached hydrogen (secondary N) is 3. The number of sulfonamides is 1. The van der Waals surface area contributed by atoms with Gasteiger partial charge in [-0.1, -0.05) is 31.9 Å². The van der Waals surface area contributed by atoms with Crippen LogP contribution in [0.5, 0.6) is 0 Å². The third-order valence-electron chi connectivity index (χ3n) is 5.38. The first-order chi connectivity index (χ1) is 14.0. The Kier molecular flexibility index (Phi) is 9.90. The molecule has 2 rings (SSSR count). The van der Waals surface area contributed by atoms with E-state index in [1.165, 1.54) is 38.5 Å². The zero-order valence-electron chi connectivity index (χ0n) is 17.9. The topological polar surface area (TPSA) is 91.8 Å². The molecule has 0 bridgehead atoms. The van der Waals surface area contributed by atoms with E-state index in [0.29, 0.717) is 19.2 Å². The fourth-order valence-electron chi connectivity index (χ4n) is 3.76. The second-order valence-electron chi connectivity index (χ2n) is 7.61. The highest BCUT2D eigenvalue weighted by atomic mass is 32.2. The van der Waals surface area contributed by atoms with Crippen molar-refractivity contribution in [2.75, 3.05) is 27.3 Å². The van der Waals surface area contributed by atoms with Crippen LogP contribution >= 0.6 is 0 Å². The number of hydrogen-bond acceptors (Lipinski definition) is 4. The van der Waals surface area contributed by atoms with E-state index in [9.17, 15) is 8.42 Å². The lowest BCUT2D eigenvalue weighted by molar-refractivity contribution is 0.204. The largest absolute Gasteiger partial charge is 0.383 e. The summed E-state index contributed by atoms with van der Waals surface area (Å²) in [6, 6.07) is 7.40. The molecule has 1 aromatic rings. The van der Waals surface area contributed by atoms with Gasteiger partial charge in [-0.2, -0.15) is 0 Å². The van der Waals surface area contributed by atoms with Gasteiger partial charge in [-0.25, -0.2) is 13.1 Å². The van der Waals surface area contributed by atoms with E-state index in [0.717, 1.165) is 17.4 Å². The maximum atomic E-state index is 12.4. The van der Waals surface area contributed by atoms with E-state index in [1.807, 2.05) is 6.07 Å². The van der Waals surface area contributed by atoms with E-state index >= 15 is 0 Å². The van der Waals surface area contributed by atoms with Crippen molar-refractivity contribution in [3.8, 4) is 0 Å². The van der Waals surface area contributed by atoms with Crippen LogP contribution in [0.4, 0.5) is 0 Å². The van der Waals surface area contributed by atoms with E-state index in [2.05, 4.69) is 27.3 Å². The Morgan fingerprint density at radius 3 is 2.66 bits per heavy atom. The molecule has 3 N–H and O–H groups in total. The minimum absolute atomic E-state index is 0.248. The van der Waals surface area contributed by atoms with Crippen molar-refractivity contribution in [3.05, 3.63) is 29.8 Å². The first kappa shape index (κ1) is 23.6. The smallest absolute Gasteiger partial charge is 0.240 e. The van der Waals surface area contributed by atoms with Crippen molar-refractivity contribution in [1.82, 2.24) is 15.4 Å². The number of rotatable bonds is 10. The number of benzene rings is 1. The number of guanidine groups is 1. The lowest BCUT2D eigenvalue weighted by Crippen LogP contribution is -2.44. The second-order valence-corrected chi connectivity index (χ2v) is 9.38. The van der Waals surface area contributed by atoms with E-state index < -0.39 is 10.0 Å². The molecule has 7 nitrogen and oxygen atoms in total. The van der Waals surface area contributed by atoms with Gasteiger partial charge >= 0.3 is 0 Å². The normalized spacial score (nSPS) is 20.4. The highest BCUT2D eigenvalue weighted by Crippen LogP contribution is 2.27. The van der Waals surface area contributed by atoms with Crippen molar-refractivity contribution < 1.29 is 13.2 Å². The van der Waals surface area contributed by atoms with E-state index in [-0.39, 0.29) is 11.4 Å². The fourth-order valence-corrected chi connectivity index (χ4v) is 4.84. The maximum absolute atomic E-state index is 12.4. The first-order valence-corrected chi connectivity index (χ1v) is 12.0. The molecule has 29 heavy (non-hydrogen) atoms. The summed E-state index contributed by atoms with van der Waals surface area (Å²) in [4.78, 5) is 4.58. The van der Waals surface area contributed by atoms with Crippen LogP contribution in [0, 0.1) is 5.92 Å². The standard InChI is InChI=1S/C21H36N4O3S/c1-4-6-17-9-11-19(12-10-17)25-21(22-2)23-16-18-7-5-8-20(15-18)29(26,27)24-13-14-28-3/h5,7-8,15,17,19,24H,4,6,9-14,16H2,1-3H3,(H2,22,23,25). The molecular formula is C21H36N4O3S. The molecule has 0 spiro atoms. The molecule has 0 aliphatic heterocycles. The van der Waals surface area contributed by atoms with Gasteiger partial charge in [-0.3, -0.25) is 4.99 Å². The lowest BCUT2D eigenvalue weighted by Gasteiger charge is -2.30. The number of aliphatic imine (C=N–C) groups is 1. The molecule has 1 fully saturated rings. The predicted molar refractivity (Wildman–Crippen MR) is 117 cm³/mol. The monoisotopic (exact) mass is 424 g/mol. The highest BCUT2D eigenvalue weighted by Gasteiger charge is 2.21. The zero-order chi connectivity index (χ0) is 21.1.